The third-order valence-corrected chi connectivity index (χ3v) is 10.2. The smallest absolute Gasteiger partial charge is 0.264 e. The van der Waals surface area contributed by atoms with Crippen molar-refractivity contribution in [3.63, 3.8) is 0 Å². The molecule has 0 aliphatic rings. The van der Waals surface area contributed by atoms with Crippen LogP contribution in [-0.2, 0) is 32.6 Å². The second-order valence-corrected chi connectivity index (χ2v) is 13.9. The van der Waals surface area contributed by atoms with Crippen LogP contribution in [0.25, 0.3) is 0 Å². The Balaban J connectivity index is 1.82. The van der Waals surface area contributed by atoms with Crippen LogP contribution in [0.5, 0.6) is 0 Å². The van der Waals surface area contributed by atoms with Gasteiger partial charge in [0, 0.05) is 35.1 Å². The van der Waals surface area contributed by atoms with Gasteiger partial charge in [-0.1, -0.05) is 108 Å². The molecule has 0 bridgehead atoms. The minimum absolute atomic E-state index is 0.0466. The zero-order valence-electron chi connectivity index (χ0n) is 26.2. The van der Waals surface area contributed by atoms with E-state index in [2.05, 4.69) is 5.32 Å². The highest BCUT2D eigenvalue weighted by atomic mass is 35.5. The molecule has 0 saturated heterocycles. The minimum atomic E-state index is -4.19. The van der Waals surface area contributed by atoms with Crippen molar-refractivity contribution >= 4 is 50.7 Å². The van der Waals surface area contributed by atoms with Gasteiger partial charge >= 0.3 is 0 Å². The lowest BCUT2D eigenvalue weighted by Crippen LogP contribution is -2.53. The average molecular weight is 681 g/mol. The van der Waals surface area contributed by atoms with Gasteiger partial charge in [0.2, 0.25) is 11.8 Å². The molecule has 46 heavy (non-hydrogen) atoms. The highest BCUT2D eigenvalue weighted by molar-refractivity contribution is 7.92. The number of sulfonamides is 1. The molecule has 1 N–H and O–H groups in total. The number of rotatable bonds is 14. The second-order valence-electron chi connectivity index (χ2n) is 11.2. The molecule has 10 heteroatoms. The zero-order valence-corrected chi connectivity index (χ0v) is 28.6. The third kappa shape index (κ3) is 8.90. The van der Waals surface area contributed by atoms with Crippen molar-refractivity contribution in [1.82, 2.24) is 10.2 Å². The van der Waals surface area contributed by atoms with Gasteiger partial charge in [0.05, 0.1) is 10.6 Å². The number of aryl methyl sites for hydroxylation is 2. The number of amides is 2. The van der Waals surface area contributed by atoms with Crippen molar-refractivity contribution in [2.45, 2.75) is 57.5 Å². The summed E-state index contributed by atoms with van der Waals surface area (Å²) in [6.07, 6.45) is 1.84. The maximum atomic E-state index is 14.6. The van der Waals surface area contributed by atoms with Crippen LogP contribution in [0.2, 0.25) is 10.0 Å². The molecule has 4 rings (SSSR count). The second kappa shape index (κ2) is 16.1. The first-order valence-electron chi connectivity index (χ1n) is 15.2. The molecule has 2 amide bonds. The van der Waals surface area contributed by atoms with Crippen molar-refractivity contribution in [2.24, 2.45) is 0 Å². The zero-order chi connectivity index (χ0) is 33.3. The number of hydrogen-bond acceptors (Lipinski definition) is 4. The quantitative estimate of drug-likeness (QED) is 0.141. The Morgan fingerprint density at radius 1 is 0.804 bits per heavy atom. The summed E-state index contributed by atoms with van der Waals surface area (Å²) in [5.74, 6) is -0.934. The van der Waals surface area contributed by atoms with Crippen LogP contribution < -0.4 is 9.62 Å². The van der Waals surface area contributed by atoms with Crippen LogP contribution in [0.15, 0.2) is 102 Å². The van der Waals surface area contributed by atoms with Crippen molar-refractivity contribution in [3.05, 3.63) is 129 Å². The SMILES string of the molecule is CCCCNC(=O)[C@H](Cc1ccccc1)N(Cc1c(Cl)cccc1Cl)C(=O)CN(c1ccc(C)cc1)S(=O)(=O)c1ccc(C)cc1. The van der Waals surface area contributed by atoms with Crippen LogP contribution in [0.4, 0.5) is 5.69 Å². The molecule has 7 nitrogen and oxygen atoms in total. The molecule has 0 unspecified atom stereocenters. The van der Waals surface area contributed by atoms with E-state index in [1.165, 1.54) is 17.0 Å². The Labute approximate surface area is 282 Å². The van der Waals surface area contributed by atoms with Crippen LogP contribution in [0, 0.1) is 13.8 Å². The van der Waals surface area contributed by atoms with Crippen LogP contribution in [0.1, 0.15) is 42.0 Å². The van der Waals surface area contributed by atoms with E-state index in [-0.39, 0.29) is 23.8 Å². The number of unbranched alkanes of at least 4 members (excludes halogenated alkanes) is 1. The van der Waals surface area contributed by atoms with Gasteiger partial charge in [-0.05, 0) is 62.2 Å². The number of nitrogens with zero attached hydrogens (tertiary/aromatic N) is 2. The molecule has 0 radical (unpaired) electrons. The van der Waals surface area contributed by atoms with Crippen molar-refractivity contribution in [1.29, 1.82) is 0 Å². The summed E-state index contributed by atoms with van der Waals surface area (Å²) in [4.78, 5) is 29.9. The molecular formula is C36H39Cl2N3O4S. The standard InChI is InChI=1S/C36H39Cl2N3O4S/c1-4-5-22-39-36(43)34(23-28-10-7-6-8-11-28)40(24-31-32(37)12-9-13-33(31)38)35(42)25-41(29-18-14-26(2)15-19-29)46(44,45)30-20-16-27(3)17-21-30/h6-21,34H,4-5,22-25H2,1-3H3,(H,39,43)/t34-/m0/s1. The van der Waals surface area contributed by atoms with E-state index in [0.29, 0.717) is 27.8 Å². The Hall–Kier alpha value is -3.85. The summed E-state index contributed by atoms with van der Waals surface area (Å²) >= 11 is 13.2. The first-order chi connectivity index (χ1) is 22.0. The van der Waals surface area contributed by atoms with Crippen LogP contribution >= 0.6 is 23.2 Å². The van der Waals surface area contributed by atoms with Gasteiger partial charge in [0.15, 0.2) is 0 Å². The van der Waals surface area contributed by atoms with E-state index < -0.39 is 28.5 Å². The first-order valence-corrected chi connectivity index (χ1v) is 17.4. The van der Waals surface area contributed by atoms with E-state index in [1.807, 2.05) is 51.1 Å². The molecule has 4 aromatic rings. The normalized spacial score (nSPS) is 11.9. The van der Waals surface area contributed by atoms with Crippen LogP contribution in [-0.4, -0.2) is 44.3 Å². The summed E-state index contributed by atoms with van der Waals surface area (Å²) in [5, 5.41) is 3.64. The van der Waals surface area contributed by atoms with Crippen molar-refractivity contribution < 1.29 is 18.0 Å². The number of benzene rings is 4. The predicted octanol–water partition coefficient (Wildman–Crippen LogP) is 7.36. The number of carbonyl (C=O) groups excluding carboxylic acids is 2. The summed E-state index contributed by atoms with van der Waals surface area (Å²) in [5.41, 5.74) is 3.45. The number of hydrogen-bond donors (Lipinski definition) is 1. The third-order valence-electron chi connectivity index (χ3n) is 7.70. The molecular weight excluding hydrogens is 641 g/mol. The lowest BCUT2D eigenvalue weighted by atomic mass is 10.0. The molecule has 0 spiro atoms. The summed E-state index contributed by atoms with van der Waals surface area (Å²) in [6, 6.07) is 26.8. The maximum Gasteiger partial charge on any atom is 0.264 e. The number of carbonyl (C=O) groups is 2. The van der Waals surface area contributed by atoms with Gasteiger partial charge in [-0.3, -0.25) is 13.9 Å². The predicted molar refractivity (Wildman–Crippen MR) is 186 cm³/mol. The van der Waals surface area contributed by atoms with Gasteiger partial charge in [0.1, 0.15) is 12.6 Å². The molecule has 4 aromatic carbocycles. The molecule has 0 saturated carbocycles. The summed E-state index contributed by atoms with van der Waals surface area (Å²) in [7, 11) is -4.19. The Morgan fingerprint density at radius 3 is 1.98 bits per heavy atom. The lowest BCUT2D eigenvalue weighted by molar-refractivity contribution is -0.140. The monoisotopic (exact) mass is 679 g/mol. The van der Waals surface area contributed by atoms with E-state index >= 15 is 0 Å². The van der Waals surface area contributed by atoms with Gasteiger partial charge in [-0.15, -0.1) is 0 Å². The topological polar surface area (TPSA) is 86.8 Å². The fraction of sp³-hybridized carbons (Fsp3) is 0.278. The van der Waals surface area contributed by atoms with Crippen LogP contribution in [0.3, 0.4) is 0 Å². The number of nitrogens with one attached hydrogen (secondary N) is 1. The first kappa shape index (κ1) is 35.0. The fourth-order valence-electron chi connectivity index (χ4n) is 4.99. The van der Waals surface area contributed by atoms with Gasteiger partial charge < -0.3 is 10.2 Å². The highest BCUT2D eigenvalue weighted by Crippen LogP contribution is 2.29. The van der Waals surface area contributed by atoms with E-state index in [0.717, 1.165) is 33.8 Å². The van der Waals surface area contributed by atoms with E-state index in [4.69, 9.17) is 23.2 Å². The van der Waals surface area contributed by atoms with Gasteiger partial charge in [0.25, 0.3) is 10.0 Å². The van der Waals surface area contributed by atoms with E-state index in [1.54, 1.807) is 54.6 Å². The number of halogens is 2. The van der Waals surface area contributed by atoms with E-state index in [9.17, 15) is 18.0 Å². The van der Waals surface area contributed by atoms with Crippen molar-refractivity contribution in [3.8, 4) is 0 Å². The molecule has 1 atom stereocenters. The highest BCUT2D eigenvalue weighted by Gasteiger charge is 2.35. The van der Waals surface area contributed by atoms with Gasteiger partial charge in [-0.2, -0.15) is 0 Å². The number of anilines is 1. The summed E-state index contributed by atoms with van der Waals surface area (Å²) < 4.78 is 29.4. The molecule has 0 aromatic heterocycles. The van der Waals surface area contributed by atoms with Gasteiger partial charge in [-0.25, -0.2) is 8.42 Å². The molecule has 0 fully saturated rings. The molecule has 0 aliphatic heterocycles. The molecule has 0 aliphatic carbocycles. The maximum absolute atomic E-state index is 14.6. The Kier molecular flexibility index (Phi) is 12.3. The average Bonchev–Trinajstić information content (AvgIpc) is 3.04. The Morgan fingerprint density at radius 2 is 1.39 bits per heavy atom. The van der Waals surface area contributed by atoms with Crippen molar-refractivity contribution in [2.75, 3.05) is 17.4 Å². The Bertz CT molecular complexity index is 1710. The minimum Gasteiger partial charge on any atom is -0.354 e. The lowest BCUT2D eigenvalue weighted by Gasteiger charge is -2.34. The summed E-state index contributed by atoms with van der Waals surface area (Å²) in [6.45, 7) is 5.56. The fourth-order valence-corrected chi connectivity index (χ4v) is 6.92. The molecule has 242 valence electrons. The molecule has 0 heterocycles. The largest absolute Gasteiger partial charge is 0.354 e.